The van der Waals surface area contributed by atoms with Gasteiger partial charge in [-0.25, -0.2) is 4.39 Å². The van der Waals surface area contributed by atoms with Crippen LogP contribution in [0, 0.1) is 5.82 Å². The highest BCUT2D eigenvalue weighted by molar-refractivity contribution is 6.01. The summed E-state index contributed by atoms with van der Waals surface area (Å²) in [7, 11) is 0. The van der Waals surface area contributed by atoms with Crippen LogP contribution in [0.2, 0.25) is 0 Å². The molecule has 1 atom stereocenters. The molecule has 3 fully saturated rings. The topological polar surface area (TPSA) is 36.7 Å². The maximum Gasteiger partial charge on any atom is 0.216 e. The predicted molar refractivity (Wildman–Crippen MR) is 72.3 cm³/mol. The number of ketones is 1. The van der Waals surface area contributed by atoms with Crippen molar-refractivity contribution in [3.05, 3.63) is 35.8 Å². The van der Waals surface area contributed by atoms with E-state index in [2.05, 4.69) is 9.80 Å². The number of furan rings is 1. The molecule has 0 spiro atoms. The Balaban J connectivity index is 1.68. The number of para-hydroxylation sites is 1. The summed E-state index contributed by atoms with van der Waals surface area (Å²) in [5.41, 5.74) is 0.173. The Labute approximate surface area is 115 Å². The quantitative estimate of drug-likeness (QED) is 0.782. The molecule has 4 heterocycles. The first-order valence-corrected chi connectivity index (χ1v) is 6.91. The average Bonchev–Trinajstić information content (AvgIpc) is 2.93. The van der Waals surface area contributed by atoms with Gasteiger partial charge in [-0.05, 0) is 12.1 Å². The summed E-state index contributed by atoms with van der Waals surface area (Å²) in [5, 5.41) is 0.643. The largest absolute Gasteiger partial charge is 0.450 e. The van der Waals surface area contributed by atoms with Crippen LogP contribution in [0.15, 0.2) is 28.7 Å². The molecule has 2 bridgehead atoms. The van der Waals surface area contributed by atoms with E-state index < -0.39 is 5.82 Å². The zero-order valence-corrected chi connectivity index (χ0v) is 11.0. The van der Waals surface area contributed by atoms with Crippen molar-refractivity contribution in [3.8, 4) is 0 Å². The van der Waals surface area contributed by atoms with E-state index >= 15 is 0 Å². The van der Waals surface area contributed by atoms with Crippen molar-refractivity contribution >= 4 is 16.8 Å². The van der Waals surface area contributed by atoms with E-state index in [1.807, 2.05) is 0 Å². The third-order valence-electron chi connectivity index (χ3n) is 4.32. The van der Waals surface area contributed by atoms with E-state index in [0.29, 0.717) is 5.39 Å². The van der Waals surface area contributed by atoms with Gasteiger partial charge in [-0.3, -0.25) is 14.6 Å². The van der Waals surface area contributed by atoms with E-state index in [4.69, 9.17) is 4.42 Å². The summed E-state index contributed by atoms with van der Waals surface area (Å²) in [6.45, 7) is 4.64. The first kappa shape index (κ1) is 12.1. The molecule has 0 amide bonds. The minimum atomic E-state index is -0.421. The molecule has 2 aromatic rings. The minimum Gasteiger partial charge on any atom is -0.450 e. The molecule has 104 valence electrons. The number of hydrogen-bond acceptors (Lipinski definition) is 4. The number of piperazine rings is 3. The number of rotatable bonds is 2. The van der Waals surface area contributed by atoms with Gasteiger partial charge in [0.15, 0.2) is 17.2 Å². The van der Waals surface area contributed by atoms with Gasteiger partial charge in [-0.15, -0.1) is 0 Å². The van der Waals surface area contributed by atoms with Gasteiger partial charge < -0.3 is 4.42 Å². The highest BCUT2D eigenvalue weighted by Crippen LogP contribution is 2.25. The van der Waals surface area contributed by atoms with Crippen LogP contribution in [0.25, 0.3) is 11.0 Å². The lowest BCUT2D eigenvalue weighted by molar-refractivity contribution is 0.0146. The second kappa shape index (κ2) is 4.40. The molecule has 3 saturated heterocycles. The molecule has 1 unspecified atom stereocenters. The van der Waals surface area contributed by atoms with Crippen molar-refractivity contribution in [3.63, 3.8) is 0 Å². The summed E-state index contributed by atoms with van der Waals surface area (Å²) >= 11 is 0. The molecule has 5 heteroatoms. The minimum absolute atomic E-state index is 0.0370. The molecule has 3 aliphatic rings. The SMILES string of the molecule is O=C(c1cc2cccc(F)c2o1)C1CN2CCN1CC2. The zero-order valence-electron chi connectivity index (χ0n) is 11.0. The second-order valence-electron chi connectivity index (χ2n) is 5.49. The Bertz CT molecular complexity index is 674. The zero-order chi connectivity index (χ0) is 13.7. The lowest BCUT2D eigenvalue weighted by atomic mass is 10.0. The maximum atomic E-state index is 13.6. The smallest absolute Gasteiger partial charge is 0.216 e. The van der Waals surface area contributed by atoms with Crippen molar-refractivity contribution in [2.24, 2.45) is 0 Å². The van der Waals surface area contributed by atoms with E-state index in [1.54, 1.807) is 18.2 Å². The van der Waals surface area contributed by atoms with Crippen LogP contribution in [0.4, 0.5) is 4.39 Å². The van der Waals surface area contributed by atoms with Crippen LogP contribution in [0.5, 0.6) is 0 Å². The lowest BCUT2D eigenvalue weighted by Crippen LogP contribution is -2.63. The Morgan fingerprint density at radius 3 is 2.70 bits per heavy atom. The molecule has 0 radical (unpaired) electrons. The Kier molecular flexibility index (Phi) is 2.65. The fourth-order valence-corrected chi connectivity index (χ4v) is 3.18. The molecule has 1 aromatic heterocycles. The summed E-state index contributed by atoms with van der Waals surface area (Å²) in [5.74, 6) is -0.190. The maximum absolute atomic E-state index is 13.6. The number of hydrogen-bond donors (Lipinski definition) is 0. The fourth-order valence-electron chi connectivity index (χ4n) is 3.18. The van der Waals surface area contributed by atoms with Gasteiger partial charge in [0.2, 0.25) is 5.78 Å². The number of carbonyl (C=O) groups excluding carboxylic acids is 1. The van der Waals surface area contributed by atoms with Gasteiger partial charge in [0.25, 0.3) is 0 Å². The highest BCUT2D eigenvalue weighted by atomic mass is 19.1. The Morgan fingerprint density at radius 2 is 2.05 bits per heavy atom. The van der Waals surface area contributed by atoms with Crippen LogP contribution >= 0.6 is 0 Å². The monoisotopic (exact) mass is 274 g/mol. The molecule has 4 nitrogen and oxygen atoms in total. The Hall–Kier alpha value is -1.72. The fraction of sp³-hybridized carbons (Fsp3) is 0.400. The van der Waals surface area contributed by atoms with Gasteiger partial charge in [-0.1, -0.05) is 12.1 Å². The average molecular weight is 274 g/mol. The van der Waals surface area contributed by atoms with Crippen LogP contribution in [-0.2, 0) is 0 Å². The van der Waals surface area contributed by atoms with Crippen LogP contribution in [0.3, 0.4) is 0 Å². The summed E-state index contributed by atoms with van der Waals surface area (Å²) in [6.07, 6.45) is 0. The van der Waals surface area contributed by atoms with Crippen molar-refractivity contribution in [2.45, 2.75) is 6.04 Å². The van der Waals surface area contributed by atoms with Gasteiger partial charge in [0.05, 0.1) is 6.04 Å². The predicted octanol–water partition coefficient (Wildman–Crippen LogP) is 1.75. The summed E-state index contributed by atoms with van der Waals surface area (Å²) in [6, 6.07) is 6.23. The van der Waals surface area contributed by atoms with Gasteiger partial charge in [0.1, 0.15) is 0 Å². The molecule has 3 aliphatic heterocycles. The van der Waals surface area contributed by atoms with Gasteiger partial charge in [-0.2, -0.15) is 0 Å². The standard InChI is InChI=1S/C15H15FN2O2/c16-11-3-1-2-10-8-13(20-15(10)11)14(19)12-9-17-4-6-18(12)7-5-17/h1-3,8,12H,4-7,9H2. The third kappa shape index (κ3) is 1.77. The number of nitrogens with zero attached hydrogens (tertiary/aromatic N) is 2. The number of carbonyl (C=O) groups is 1. The van der Waals surface area contributed by atoms with Crippen LogP contribution in [-0.4, -0.2) is 54.3 Å². The highest BCUT2D eigenvalue weighted by Gasteiger charge is 2.37. The number of fused-ring (bicyclic) bond motifs is 4. The molecular formula is C15H15FN2O2. The molecule has 0 saturated carbocycles. The summed E-state index contributed by atoms with van der Waals surface area (Å²) in [4.78, 5) is 17.1. The van der Waals surface area contributed by atoms with E-state index in [1.165, 1.54) is 6.07 Å². The van der Waals surface area contributed by atoms with Crippen LogP contribution < -0.4 is 0 Å². The van der Waals surface area contributed by atoms with Crippen molar-refractivity contribution < 1.29 is 13.6 Å². The van der Waals surface area contributed by atoms with Crippen molar-refractivity contribution in [1.29, 1.82) is 0 Å². The van der Waals surface area contributed by atoms with Gasteiger partial charge >= 0.3 is 0 Å². The first-order chi connectivity index (χ1) is 9.72. The summed E-state index contributed by atoms with van der Waals surface area (Å²) < 4.78 is 19.1. The molecular weight excluding hydrogens is 259 g/mol. The first-order valence-electron chi connectivity index (χ1n) is 6.91. The second-order valence-corrected chi connectivity index (χ2v) is 5.49. The third-order valence-corrected chi connectivity index (χ3v) is 4.32. The lowest BCUT2D eigenvalue weighted by Gasteiger charge is -2.46. The molecule has 1 aromatic carbocycles. The normalized spacial score (nSPS) is 28.9. The molecule has 0 N–H and O–H groups in total. The van der Waals surface area contributed by atoms with Gasteiger partial charge in [0, 0.05) is 38.1 Å². The van der Waals surface area contributed by atoms with Crippen molar-refractivity contribution in [2.75, 3.05) is 32.7 Å². The molecule has 20 heavy (non-hydrogen) atoms. The number of benzene rings is 1. The van der Waals surface area contributed by atoms with Crippen LogP contribution in [0.1, 0.15) is 10.6 Å². The van der Waals surface area contributed by atoms with E-state index in [-0.39, 0.29) is 23.2 Å². The van der Waals surface area contributed by atoms with E-state index in [9.17, 15) is 9.18 Å². The number of Topliss-reactive ketones (excluding diaryl/α,β-unsaturated/α-hetero) is 1. The Morgan fingerprint density at radius 1 is 1.25 bits per heavy atom. The van der Waals surface area contributed by atoms with Crippen molar-refractivity contribution in [1.82, 2.24) is 9.80 Å². The number of halogens is 1. The van der Waals surface area contributed by atoms with E-state index in [0.717, 1.165) is 32.7 Å². The molecule has 0 aliphatic carbocycles. The molecule has 5 rings (SSSR count).